The van der Waals surface area contributed by atoms with Crippen LogP contribution < -0.4 is 9.62 Å². The number of nitrogens with one attached hydrogen (secondary N) is 1. The first-order valence-electron chi connectivity index (χ1n) is 11.2. The number of carboxylic acids is 1. The van der Waals surface area contributed by atoms with Crippen molar-refractivity contribution >= 4 is 27.9 Å². The van der Waals surface area contributed by atoms with Gasteiger partial charge in [-0.2, -0.15) is 0 Å². The molecule has 0 aliphatic heterocycles. The van der Waals surface area contributed by atoms with E-state index in [1.165, 1.54) is 19.2 Å². The number of aromatic nitrogens is 3. The highest BCUT2D eigenvalue weighted by atomic mass is 32.2. The van der Waals surface area contributed by atoms with E-state index in [0.29, 0.717) is 0 Å². The van der Waals surface area contributed by atoms with Gasteiger partial charge in [-0.1, -0.05) is 30.3 Å². The molecule has 0 aliphatic rings. The van der Waals surface area contributed by atoms with E-state index < -0.39 is 38.9 Å². The highest BCUT2D eigenvalue weighted by molar-refractivity contribution is 7.92. The Morgan fingerprint density at radius 2 is 1.76 bits per heavy atom. The van der Waals surface area contributed by atoms with Crippen molar-refractivity contribution in [2.75, 3.05) is 17.6 Å². The number of sulfonamides is 1. The highest BCUT2D eigenvalue weighted by Crippen LogP contribution is 2.30. The Labute approximate surface area is 214 Å². The molecule has 0 saturated carbocycles. The summed E-state index contributed by atoms with van der Waals surface area (Å²) in [5, 5.41) is 20.5. The van der Waals surface area contributed by atoms with Crippen molar-refractivity contribution in [1.82, 2.24) is 20.5 Å². The number of hydrogen-bond acceptors (Lipinski definition) is 9. The second-order valence-corrected chi connectivity index (χ2v) is 11.7. The Hall–Kier alpha value is -4.00. The Morgan fingerprint density at radius 1 is 1.11 bits per heavy atom. The summed E-state index contributed by atoms with van der Waals surface area (Å²) in [6.45, 7) is 6.90. The molecular formula is C24H29N5O7S. The van der Waals surface area contributed by atoms with Gasteiger partial charge in [0.05, 0.1) is 6.26 Å². The number of carboxylic acid groups (broad SMARTS) is 1. The third-order valence-electron chi connectivity index (χ3n) is 5.17. The van der Waals surface area contributed by atoms with Crippen molar-refractivity contribution in [3.05, 3.63) is 59.6 Å². The van der Waals surface area contributed by atoms with Crippen molar-refractivity contribution in [3.8, 4) is 11.5 Å². The number of ether oxygens (including phenoxy) is 1. The quantitative estimate of drug-likeness (QED) is 0.441. The van der Waals surface area contributed by atoms with Crippen LogP contribution in [0.4, 0.5) is 10.6 Å². The van der Waals surface area contributed by atoms with Crippen LogP contribution in [-0.2, 0) is 26.7 Å². The molecule has 1 aromatic carbocycles. The smallest absolute Gasteiger partial charge is 0.408 e. The SMILES string of the molecule is CN(c1cc(-c2nnc([C@](C)(Cc3ccccc3)NC(=O)OC(C)(C)C)o2)cc(C(=O)O)n1)S(C)(=O)=O. The highest BCUT2D eigenvalue weighted by Gasteiger charge is 2.37. The van der Waals surface area contributed by atoms with E-state index in [9.17, 15) is 23.1 Å². The molecule has 0 unspecified atom stereocenters. The summed E-state index contributed by atoms with van der Waals surface area (Å²) in [6.07, 6.45) is 0.539. The number of amides is 1. The number of rotatable bonds is 8. The van der Waals surface area contributed by atoms with Crippen molar-refractivity contribution in [1.29, 1.82) is 0 Å². The number of aromatic carboxylic acids is 1. The molecule has 2 heterocycles. The summed E-state index contributed by atoms with van der Waals surface area (Å²) in [4.78, 5) is 28.2. The number of hydrogen-bond donors (Lipinski definition) is 2. The molecule has 198 valence electrons. The summed E-state index contributed by atoms with van der Waals surface area (Å²) < 4.78 is 36.2. The minimum Gasteiger partial charge on any atom is -0.477 e. The molecule has 2 N–H and O–H groups in total. The lowest BCUT2D eigenvalue weighted by atomic mass is 9.92. The second-order valence-electron chi connectivity index (χ2n) is 9.67. The molecule has 1 amide bonds. The van der Waals surface area contributed by atoms with E-state index in [4.69, 9.17) is 9.15 Å². The molecular weight excluding hydrogens is 502 g/mol. The zero-order chi connectivity index (χ0) is 27.6. The average molecular weight is 532 g/mol. The minimum absolute atomic E-state index is 0.0314. The number of alkyl carbamates (subject to hydrolysis) is 1. The standard InChI is InChI=1S/C24H29N5O7S/c1-23(2,3)36-22(32)26-24(4,14-15-10-8-7-9-11-15)21-28-27-19(35-21)16-12-17(20(30)31)25-18(13-16)29(5)37(6,33)34/h7-13H,14H2,1-6H3,(H,26,32)(H,30,31)/t24-/m0/s1. The Balaban J connectivity index is 2.06. The predicted molar refractivity (Wildman–Crippen MR) is 135 cm³/mol. The monoisotopic (exact) mass is 531 g/mol. The summed E-state index contributed by atoms with van der Waals surface area (Å²) in [6, 6.07) is 11.8. The van der Waals surface area contributed by atoms with Crippen LogP contribution in [0.25, 0.3) is 11.5 Å². The molecule has 0 saturated heterocycles. The summed E-state index contributed by atoms with van der Waals surface area (Å²) in [5.41, 5.74) is -1.36. The minimum atomic E-state index is -3.73. The first kappa shape index (κ1) is 27.6. The summed E-state index contributed by atoms with van der Waals surface area (Å²) in [7, 11) is -2.48. The molecule has 0 spiro atoms. The van der Waals surface area contributed by atoms with Crippen LogP contribution in [0.2, 0.25) is 0 Å². The number of pyridine rings is 1. The van der Waals surface area contributed by atoms with Crippen LogP contribution in [-0.4, -0.2) is 59.7 Å². The fourth-order valence-electron chi connectivity index (χ4n) is 3.35. The molecule has 0 bridgehead atoms. The maximum atomic E-state index is 12.7. The first-order valence-corrected chi connectivity index (χ1v) is 13.0. The fourth-order valence-corrected chi connectivity index (χ4v) is 3.78. The van der Waals surface area contributed by atoms with Crippen molar-refractivity contribution in [3.63, 3.8) is 0 Å². The lowest BCUT2D eigenvalue weighted by Crippen LogP contribution is -2.47. The average Bonchev–Trinajstić information content (AvgIpc) is 3.28. The van der Waals surface area contributed by atoms with Crippen molar-refractivity contribution in [2.24, 2.45) is 0 Å². The van der Waals surface area contributed by atoms with Gasteiger partial charge in [-0.3, -0.25) is 4.31 Å². The normalized spacial score (nSPS) is 13.5. The van der Waals surface area contributed by atoms with Crippen LogP contribution in [0, 0.1) is 0 Å². The van der Waals surface area contributed by atoms with E-state index in [-0.39, 0.29) is 29.6 Å². The lowest BCUT2D eigenvalue weighted by Gasteiger charge is -2.29. The third kappa shape index (κ3) is 7.03. The van der Waals surface area contributed by atoms with Gasteiger partial charge in [-0.25, -0.2) is 23.0 Å². The van der Waals surface area contributed by atoms with Gasteiger partial charge in [0.1, 0.15) is 17.0 Å². The summed E-state index contributed by atoms with van der Waals surface area (Å²) >= 11 is 0. The largest absolute Gasteiger partial charge is 0.477 e. The van der Waals surface area contributed by atoms with Crippen molar-refractivity contribution in [2.45, 2.75) is 45.3 Å². The first-order chi connectivity index (χ1) is 17.1. The number of benzene rings is 1. The maximum absolute atomic E-state index is 12.7. The Bertz CT molecular complexity index is 1400. The van der Waals surface area contributed by atoms with E-state index in [0.717, 1.165) is 16.1 Å². The topological polar surface area (TPSA) is 165 Å². The van der Waals surface area contributed by atoms with Crippen LogP contribution in [0.5, 0.6) is 0 Å². The molecule has 13 heteroatoms. The van der Waals surface area contributed by atoms with Gasteiger partial charge in [0, 0.05) is 19.0 Å². The number of carbonyl (C=O) groups is 2. The Kier molecular flexibility index (Phi) is 7.58. The third-order valence-corrected chi connectivity index (χ3v) is 6.35. The van der Waals surface area contributed by atoms with E-state index in [2.05, 4.69) is 20.5 Å². The summed E-state index contributed by atoms with van der Waals surface area (Å²) in [5.74, 6) is -1.57. The molecule has 12 nitrogen and oxygen atoms in total. The molecule has 0 radical (unpaired) electrons. The Morgan fingerprint density at radius 3 is 2.32 bits per heavy atom. The van der Waals surface area contributed by atoms with E-state index in [1.54, 1.807) is 27.7 Å². The van der Waals surface area contributed by atoms with Crippen LogP contribution in [0.15, 0.2) is 46.9 Å². The number of carbonyl (C=O) groups excluding carboxylic acids is 1. The molecule has 3 aromatic rings. The fraction of sp³-hybridized carbons (Fsp3) is 0.375. The number of anilines is 1. The van der Waals surface area contributed by atoms with Gasteiger partial charge in [-0.15, -0.1) is 10.2 Å². The van der Waals surface area contributed by atoms with E-state index in [1.807, 2.05) is 30.3 Å². The zero-order valence-electron chi connectivity index (χ0n) is 21.3. The van der Waals surface area contributed by atoms with Gasteiger partial charge >= 0.3 is 12.1 Å². The molecule has 0 aliphatic carbocycles. The molecule has 2 aromatic heterocycles. The van der Waals surface area contributed by atoms with Gasteiger partial charge in [0.25, 0.3) is 0 Å². The molecule has 1 atom stereocenters. The van der Waals surface area contributed by atoms with Crippen LogP contribution >= 0.6 is 0 Å². The molecule has 0 fully saturated rings. The van der Waals surface area contributed by atoms with Gasteiger partial charge in [-0.05, 0) is 45.4 Å². The van der Waals surface area contributed by atoms with Gasteiger partial charge in [0.2, 0.25) is 21.8 Å². The van der Waals surface area contributed by atoms with E-state index >= 15 is 0 Å². The predicted octanol–water partition coefficient (Wildman–Crippen LogP) is 3.21. The van der Waals surface area contributed by atoms with Crippen LogP contribution in [0.3, 0.4) is 0 Å². The number of nitrogens with zero attached hydrogens (tertiary/aromatic N) is 4. The zero-order valence-corrected chi connectivity index (χ0v) is 22.2. The van der Waals surface area contributed by atoms with Gasteiger partial charge in [0.15, 0.2) is 5.69 Å². The molecule has 3 rings (SSSR count). The maximum Gasteiger partial charge on any atom is 0.408 e. The van der Waals surface area contributed by atoms with Crippen LogP contribution in [0.1, 0.15) is 49.6 Å². The second kappa shape index (κ2) is 10.2. The lowest BCUT2D eigenvalue weighted by molar-refractivity contribution is 0.0443. The van der Waals surface area contributed by atoms with Gasteiger partial charge < -0.3 is 19.6 Å². The van der Waals surface area contributed by atoms with Crippen molar-refractivity contribution < 1.29 is 32.3 Å². The molecule has 37 heavy (non-hydrogen) atoms.